The van der Waals surface area contributed by atoms with Gasteiger partial charge in [-0.25, -0.2) is 14.0 Å². The van der Waals surface area contributed by atoms with Crippen LogP contribution in [0.4, 0.5) is 5.69 Å². The number of aromatic nitrogens is 5. The van der Waals surface area contributed by atoms with Gasteiger partial charge in [-0.15, -0.1) is 0 Å². The van der Waals surface area contributed by atoms with Crippen molar-refractivity contribution in [3.63, 3.8) is 0 Å². The number of rotatable bonds is 7. The van der Waals surface area contributed by atoms with Crippen molar-refractivity contribution in [2.24, 2.45) is 0 Å². The minimum Gasteiger partial charge on any atom is -0.284 e. The second-order valence-corrected chi connectivity index (χ2v) is 8.36. The summed E-state index contributed by atoms with van der Waals surface area (Å²) in [4.78, 5) is 41.9. The molecule has 0 amide bonds. The van der Waals surface area contributed by atoms with E-state index in [0.29, 0.717) is 11.1 Å². The Morgan fingerprint density at radius 3 is 2.46 bits per heavy atom. The maximum atomic E-state index is 13.5. The standard InChI is InChI=1S/C25H22N6O4/c32-24-23(31(34)35)22(10-9-19-15-27-29(17-19)20-5-2-1-3-6-20)30(21-7-4-8-21)25(33)28(24)16-18-11-13-26-14-12-18/h1-3,5-6,9-15,17,21H,4,7-8,16H2. The van der Waals surface area contributed by atoms with Gasteiger partial charge >= 0.3 is 16.9 Å². The van der Waals surface area contributed by atoms with Gasteiger partial charge in [-0.3, -0.25) is 24.5 Å². The van der Waals surface area contributed by atoms with Crippen LogP contribution in [0.1, 0.15) is 42.1 Å². The lowest BCUT2D eigenvalue weighted by atomic mass is 9.92. The molecule has 3 aromatic heterocycles. The fourth-order valence-electron chi connectivity index (χ4n) is 4.13. The molecule has 4 aromatic rings. The van der Waals surface area contributed by atoms with Crippen LogP contribution in [0.5, 0.6) is 0 Å². The molecule has 0 spiro atoms. The van der Waals surface area contributed by atoms with Gasteiger partial charge in [-0.2, -0.15) is 5.10 Å². The normalized spacial score (nSPS) is 13.7. The molecule has 3 heterocycles. The lowest BCUT2D eigenvalue weighted by Gasteiger charge is -2.29. The first-order chi connectivity index (χ1) is 17.0. The third-order valence-electron chi connectivity index (χ3n) is 6.16. The summed E-state index contributed by atoms with van der Waals surface area (Å²) < 4.78 is 4.03. The number of nitro groups is 1. The summed E-state index contributed by atoms with van der Waals surface area (Å²) in [6.45, 7) is -0.0679. The topological polar surface area (TPSA) is 118 Å². The Morgan fingerprint density at radius 1 is 1.06 bits per heavy atom. The minimum absolute atomic E-state index is 0.00754. The van der Waals surface area contributed by atoms with Gasteiger partial charge in [0, 0.05) is 30.2 Å². The van der Waals surface area contributed by atoms with Gasteiger partial charge in [0.05, 0.1) is 23.4 Å². The minimum atomic E-state index is -0.924. The van der Waals surface area contributed by atoms with E-state index in [2.05, 4.69) is 10.1 Å². The van der Waals surface area contributed by atoms with Crippen LogP contribution >= 0.6 is 0 Å². The average molecular weight is 470 g/mol. The van der Waals surface area contributed by atoms with Crippen LogP contribution in [0.15, 0.2) is 76.8 Å². The van der Waals surface area contributed by atoms with Crippen LogP contribution in [0.3, 0.4) is 0 Å². The Kier molecular flexibility index (Phi) is 5.92. The fourth-order valence-corrected chi connectivity index (χ4v) is 4.13. The molecular formula is C25H22N6O4. The highest BCUT2D eigenvalue weighted by atomic mass is 16.6. The maximum Gasteiger partial charge on any atom is 0.357 e. The molecule has 0 unspecified atom stereocenters. The van der Waals surface area contributed by atoms with Crippen molar-refractivity contribution in [1.82, 2.24) is 23.9 Å². The fraction of sp³-hybridized carbons (Fsp3) is 0.200. The highest BCUT2D eigenvalue weighted by molar-refractivity contribution is 5.71. The molecule has 1 fully saturated rings. The van der Waals surface area contributed by atoms with Crippen LogP contribution in [0, 0.1) is 10.1 Å². The SMILES string of the molecule is O=c1c([N+](=O)[O-])c(C=Cc2cnn(-c3ccccc3)c2)n(C2CCC2)c(=O)n1Cc1ccncc1. The van der Waals surface area contributed by atoms with Gasteiger partial charge in [0.1, 0.15) is 5.69 Å². The van der Waals surface area contributed by atoms with Crippen LogP contribution in [-0.2, 0) is 6.54 Å². The van der Waals surface area contributed by atoms with Crippen LogP contribution in [0.25, 0.3) is 17.8 Å². The number of nitrogens with zero attached hydrogens (tertiary/aromatic N) is 6. The van der Waals surface area contributed by atoms with Gasteiger partial charge < -0.3 is 0 Å². The summed E-state index contributed by atoms with van der Waals surface area (Å²) in [5.41, 5.74) is 0.115. The summed E-state index contributed by atoms with van der Waals surface area (Å²) in [5.74, 6) is 0. The van der Waals surface area contributed by atoms with Crippen LogP contribution < -0.4 is 11.2 Å². The zero-order valence-corrected chi connectivity index (χ0v) is 18.7. The Labute approximate surface area is 199 Å². The number of para-hydroxylation sites is 1. The largest absolute Gasteiger partial charge is 0.357 e. The summed E-state index contributed by atoms with van der Waals surface area (Å²) in [6, 6.07) is 12.7. The van der Waals surface area contributed by atoms with Crippen molar-refractivity contribution in [2.75, 3.05) is 0 Å². The molecular weight excluding hydrogens is 448 g/mol. The smallest absolute Gasteiger partial charge is 0.284 e. The highest BCUT2D eigenvalue weighted by Gasteiger charge is 2.32. The number of hydrogen-bond acceptors (Lipinski definition) is 6. The van der Waals surface area contributed by atoms with Crippen molar-refractivity contribution < 1.29 is 4.92 Å². The molecule has 0 radical (unpaired) electrons. The van der Waals surface area contributed by atoms with E-state index >= 15 is 0 Å². The molecule has 1 aliphatic carbocycles. The van der Waals surface area contributed by atoms with Gasteiger partial charge in [-0.1, -0.05) is 18.2 Å². The zero-order valence-electron chi connectivity index (χ0n) is 18.7. The molecule has 176 valence electrons. The van der Waals surface area contributed by atoms with Gasteiger partial charge in [0.25, 0.3) is 0 Å². The van der Waals surface area contributed by atoms with Gasteiger partial charge in [0.15, 0.2) is 0 Å². The first kappa shape index (κ1) is 22.2. The Morgan fingerprint density at radius 2 is 1.80 bits per heavy atom. The van der Waals surface area contributed by atoms with Gasteiger partial charge in [-0.05, 0) is 61.2 Å². The van der Waals surface area contributed by atoms with E-state index in [1.165, 1.54) is 10.6 Å². The summed E-state index contributed by atoms with van der Waals surface area (Å²) in [7, 11) is 0. The predicted molar refractivity (Wildman–Crippen MR) is 130 cm³/mol. The molecule has 0 saturated heterocycles. The molecule has 1 aromatic carbocycles. The quantitative estimate of drug-likeness (QED) is 0.302. The number of hydrogen-bond donors (Lipinski definition) is 0. The molecule has 35 heavy (non-hydrogen) atoms. The monoisotopic (exact) mass is 470 g/mol. The second-order valence-electron chi connectivity index (χ2n) is 8.36. The third kappa shape index (κ3) is 4.33. The summed E-state index contributed by atoms with van der Waals surface area (Å²) in [6.07, 6.45) is 12.0. The van der Waals surface area contributed by atoms with Crippen LogP contribution in [-0.4, -0.2) is 28.8 Å². The predicted octanol–water partition coefficient (Wildman–Crippen LogP) is 3.44. The van der Waals surface area contributed by atoms with Crippen molar-refractivity contribution >= 4 is 17.8 Å². The molecule has 0 N–H and O–H groups in total. The highest BCUT2D eigenvalue weighted by Crippen LogP contribution is 2.33. The maximum absolute atomic E-state index is 13.5. The lowest BCUT2D eigenvalue weighted by Crippen LogP contribution is -2.44. The van der Waals surface area contributed by atoms with Crippen molar-refractivity contribution in [2.45, 2.75) is 31.8 Å². The van der Waals surface area contributed by atoms with Crippen molar-refractivity contribution in [1.29, 1.82) is 0 Å². The number of benzene rings is 1. The van der Waals surface area contributed by atoms with E-state index in [9.17, 15) is 19.7 Å². The van der Waals surface area contributed by atoms with E-state index in [0.717, 1.165) is 29.5 Å². The molecule has 10 nitrogen and oxygen atoms in total. The van der Waals surface area contributed by atoms with Crippen molar-refractivity contribution in [3.8, 4) is 5.69 Å². The first-order valence-electron chi connectivity index (χ1n) is 11.2. The van der Waals surface area contributed by atoms with E-state index < -0.39 is 21.9 Å². The lowest BCUT2D eigenvalue weighted by molar-refractivity contribution is -0.387. The van der Waals surface area contributed by atoms with Crippen LogP contribution in [0.2, 0.25) is 0 Å². The molecule has 1 saturated carbocycles. The molecule has 0 bridgehead atoms. The van der Waals surface area contributed by atoms with E-state index in [4.69, 9.17) is 0 Å². The van der Waals surface area contributed by atoms with E-state index in [-0.39, 0.29) is 18.3 Å². The Bertz CT molecular complexity index is 1520. The molecule has 5 rings (SSSR count). The third-order valence-corrected chi connectivity index (χ3v) is 6.16. The van der Waals surface area contributed by atoms with Crippen molar-refractivity contribution in [3.05, 3.63) is 115 Å². The molecule has 10 heteroatoms. The number of pyridine rings is 1. The molecule has 0 aliphatic heterocycles. The first-order valence-corrected chi connectivity index (χ1v) is 11.2. The Balaban J connectivity index is 1.61. The van der Waals surface area contributed by atoms with Gasteiger partial charge in [0.2, 0.25) is 0 Å². The second kappa shape index (κ2) is 9.34. The average Bonchev–Trinajstić information content (AvgIpc) is 3.31. The summed E-state index contributed by atoms with van der Waals surface area (Å²) >= 11 is 0. The van der Waals surface area contributed by atoms with E-state index in [1.807, 2.05) is 30.3 Å². The molecule has 1 aliphatic rings. The van der Waals surface area contributed by atoms with E-state index in [1.54, 1.807) is 47.7 Å². The zero-order chi connectivity index (χ0) is 24.4. The summed E-state index contributed by atoms with van der Waals surface area (Å²) in [5, 5.41) is 16.4. The molecule has 0 atom stereocenters. The Hall–Kier alpha value is -4.60.